The molecule has 1 atom stereocenters. The third kappa shape index (κ3) is 4.21. The molecule has 1 aromatic heterocycles. The molecule has 0 fully saturated rings. The molecule has 0 saturated carbocycles. The summed E-state index contributed by atoms with van der Waals surface area (Å²) in [7, 11) is 2.08. The topological polar surface area (TPSA) is 61.4 Å². The summed E-state index contributed by atoms with van der Waals surface area (Å²) in [5, 5.41) is 11.4. The van der Waals surface area contributed by atoms with Crippen LogP contribution in [0.4, 0.5) is 16.3 Å². The summed E-state index contributed by atoms with van der Waals surface area (Å²) in [5.74, 6) is 0.480. The minimum absolute atomic E-state index is 0.0675. The Morgan fingerprint density at radius 2 is 1.93 bits per heavy atom. The van der Waals surface area contributed by atoms with E-state index < -0.39 is 0 Å². The third-order valence-corrected chi connectivity index (χ3v) is 5.07. The highest BCUT2D eigenvalue weighted by Gasteiger charge is 2.29. The Kier molecular flexibility index (Phi) is 5.35. The van der Waals surface area contributed by atoms with E-state index in [0.717, 1.165) is 24.2 Å². The van der Waals surface area contributed by atoms with Crippen LogP contribution in [-0.4, -0.2) is 40.8 Å². The van der Waals surface area contributed by atoms with Gasteiger partial charge in [0.15, 0.2) is 5.82 Å². The largest absolute Gasteiger partial charge is 0.372 e. The van der Waals surface area contributed by atoms with Crippen LogP contribution in [0.1, 0.15) is 45.4 Å². The summed E-state index contributed by atoms with van der Waals surface area (Å²) in [6.07, 6.45) is 0.889. The third-order valence-electron chi connectivity index (χ3n) is 5.07. The number of anilines is 2. The molecule has 3 rings (SSSR count). The number of fused-ring (bicyclic) bond motifs is 1. The second-order valence-corrected chi connectivity index (χ2v) is 8.18. The van der Waals surface area contributed by atoms with Gasteiger partial charge in [-0.1, -0.05) is 45.9 Å². The van der Waals surface area contributed by atoms with Crippen molar-refractivity contribution in [2.24, 2.45) is 0 Å². The Morgan fingerprint density at radius 1 is 1.19 bits per heavy atom. The lowest BCUT2D eigenvalue weighted by Crippen LogP contribution is -2.45. The van der Waals surface area contributed by atoms with E-state index >= 15 is 0 Å². The van der Waals surface area contributed by atoms with E-state index in [1.165, 1.54) is 5.69 Å². The van der Waals surface area contributed by atoms with E-state index in [1.54, 1.807) is 0 Å². The van der Waals surface area contributed by atoms with E-state index in [2.05, 4.69) is 67.3 Å². The zero-order valence-electron chi connectivity index (χ0n) is 16.9. The summed E-state index contributed by atoms with van der Waals surface area (Å²) >= 11 is 0. The first-order valence-corrected chi connectivity index (χ1v) is 9.50. The van der Waals surface area contributed by atoms with Crippen LogP contribution in [0.2, 0.25) is 0 Å². The number of hydrogen-bond acceptors (Lipinski definition) is 4. The monoisotopic (exact) mass is 367 g/mol. The van der Waals surface area contributed by atoms with Crippen LogP contribution in [0.3, 0.4) is 0 Å². The Hall–Kier alpha value is -2.63. The fourth-order valence-corrected chi connectivity index (χ4v) is 3.41. The van der Waals surface area contributed by atoms with Crippen LogP contribution in [0, 0.1) is 0 Å². The SMILES string of the molecule is CCC1CN(C)c2ccccc2CN1C(=O)Nc1ccc(C(C)(C)C)nn1. The number of hydrogen-bond donors (Lipinski definition) is 1. The van der Waals surface area contributed by atoms with Crippen molar-refractivity contribution >= 4 is 17.5 Å². The summed E-state index contributed by atoms with van der Waals surface area (Å²) in [4.78, 5) is 17.2. The zero-order valence-corrected chi connectivity index (χ0v) is 16.9. The first-order valence-electron chi connectivity index (χ1n) is 9.50. The van der Waals surface area contributed by atoms with Crippen LogP contribution in [0.25, 0.3) is 0 Å². The maximum atomic E-state index is 13.0. The molecule has 1 unspecified atom stereocenters. The van der Waals surface area contributed by atoms with E-state index in [1.807, 2.05) is 29.2 Å². The van der Waals surface area contributed by atoms with E-state index in [4.69, 9.17) is 0 Å². The summed E-state index contributed by atoms with van der Waals surface area (Å²) in [5.41, 5.74) is 3.17. The molecule has 2 amide bonds. The van der Waals surface area contributed by atoms with Crippen molar-refractivity contribution in [2.75, 3.05) is 23.8 Å². The van der Waals surface area contributed by atoms with Crippen molar-refractivity contribution in [1.29, 1.82) is 0 Å². The summed E-state index contributed by atoms with van der Waals surface area (Å²) < 4.78 is 0. The van der Waals surface area contributed by atoms with Gasteiger partial charge in [0.25, 0.3) is 0 Å². The number of nitrogens with one attached hydrogen (secondary N) is 1. The van der Waals surface area contributed by atoms with Crippen molar-refractivity contribution in [3.8, 4) is 0 Å². The Labute approximate surface area is 161 Å². The number of nitrogens with zero attached hydrogens (tertiary/aromatic N) is 4. The summed E-state index contributed by atoms with van der Waals surface area (Å²) in [6, 6.07) is 12.0. The normalized spacial score (nSPS) is 17.3. The molecular formula is C21H29N5O. The first-order chi connectivity index (χ1) is 12.8. The van der Waals surface area contributed by atoms with Gasteiger partial charge in [0.05, 0.1) is 11.7 Å². The Bertz CT molecular complexity index is 797. The average Bonchev–Trinajstić information content (AvgIpc) is 2.78. The molecule has 6 heteroatoms. The molecule has 0 aliphatic carbocycles. The molecule has 2 aromatic rings. The standard InChI is InChI=1S/C21H29N5O/c1-6-16-14-25(5)17-10-8-7-9-15(17)13-26(16)20(27)22-19-12-11-18(23-24-19)21(2,3)4/h7-12,16H,6,13-14H2,1-5H3,(H,22,24,27). The van der Waals surface area contributed by atoms with Gasteiger partial charge in [-0.3, -0.25) is 5.32 Å². The molecule has 1 aromatic carbocycles. The number of para-hydroxylation sites is 1. The van der Waals surface area contributed by atoms with E-state index in [-0.39, 0.29) is 17.5 Å². The molecular weight excluding hydrogens is 338 g/mol. The van der Waals surface area contributed by atoms with Crippen molar-refractivity contribution in [1.82, 2.24) is 15.1 Å². The van der Waals surface area contributed by atoms with Gasteiger partial charge in [-0.2, -0.15) is 5.10 Å². The molecule has 0 bridgehead atoms. The minimum atomic E-state index is -0.134. The van der Waals surface area contributed by atoms with E-state index in [0.29, 0.717) is 12.4 Å². The van der Waals surface area contributed by atoms with Gasteiger partial charge < -0.3 is 9.80 Å². The van der Waals surface area contributed by atoms with Gasteiger partial charge in [-0.25, -0.2) is 4.79 Å². The van der Waals surface area contributed by atoms with Gasteiger partial charge in [0, 0.05) is 31.2 Å². The molecule has 2 heterocycles. The second kappa shape index (κ2) is 7.55. The highest BCUT2D eigenvalue weighted by molar-refractivity contribution is 5.88. The summed E-state index contributed by atoms with van der Waals surface area (Å²) in [6.45, 7) is 9.77. The van der Waals surface area contributed by atoms with E-state index in [9.17, 15) is 4.79 Å². The van der Waals surface area contributed by atoms with Crippen LogP contribution < -0.4 is 10.2 Å². The first kappa shape index (κ1) is 19.1. The number of aromatic nitrogens is 2. The molecule has 27 heavy (non-hydrogen) atoms. The van der Waals surface area contributed by atoms with Crippen molar-refractivity contribution in [3.05, 3.63) is 47.7 Å². The predicted octanol–water partition coefficient (Wildman–Crippen LogP) is 4.04. The van der Waals surface area contributed by atoms with Crippen molar-refractivity contribution in [3.63, 3.8) is 0 Å². The molecule has 1 aliphatic rings. The van der Waals surface area contributed by atoms with Crippen LogP contribution in [0.15, 0.2) is 36.4 Å². The maximum Gasteiger partial charge on any atom is 0.323 e. The Morgan fingerprint density at radius 3 is 2.56 bits per heavy atom. The van der Waals surface area contributed by atoms with Crippen molar-refractivity contribution < 1.29 is 4.79 Å². The number of amides is 2. The Balaban J connectivity index is 1.80. The molecule has 0 saturated heterocycles. The van der Waals surface area contributed by atoms with Gasteiger partial charge in [-0.05, 0) is 30.2 Å². The smallest absolute Gasteiger partial charge is 0.323 e. The average molecular weight is 367 g/mol. The molecule has 1 N–H and O–H groups in total. The molecule has 0 spiro atoms. The van der Waals surface area contributed by atoms with Crippen LogP contribution in [0.5, 0.6) is 0 Å². The lowest BCUT2D eigenvalue weighted by Gasteiger charge is -2.30. The highest BCUT2D eigenvalue weighted by Crippen LogP contribution is 2.27. The number of carbonyl (C=O) groups is 1. The number of likely N-dealkylation sites (N-methyl/N-ethyl adjacent to an activating group) is 1. The van der Waals surface area contributed by atoms with Gasteiger partial charge in [0.1, 0.15) is 0 Å². The number of rotatable bonds is 2. The number of carbonyl (C=O) groups excluding carboxylic acids is 1. The molecule has 6 nitrogen and oxygen atoms in total. The zero-order chi connectivity index (χ0) is 19.6. The predicted molar refractivity (Wildman–Crippen MR) is 109 cm³/mol. The van der Waals surface area contributed by atoms with Gasteiger partial charge >= 0.3 is 6.03 Å². The van der Waals surface area contributed by atoms with Crippen molar-refractivity contribution in [2.45, 2.75) is 52.1 Å². The van der Waals surface area contributed by atoms with Crippen LogP contribution in [-0.2, 0) is 12.0 Å². The lowest BCUT2D eigenvalue weighted by atomic mass is 9.92. The highest BCUT2D eigenvalue weighted by atomic mass is 16.2. The van der Waals surface area contributed by atoms with Gasteiger partial charge in [-0.15, -0.1) is 5.10 Å². The van der Waals surface area contributed by atoms with Crippen LogP contribution >= 0.6 is 0 Å². The second-order valence-electron chi connectivity index (χ2n) is 8.18. The van der Waals surface area contributed by atoms with Gasteiger partial charge in [0.2, 0.25) is 0 Å². The molecule has 144 valence electrons. The quantitative estimate of drug-likeness (QED) is 0.870. The lowest BCUT2D eigenvalue weighted by molar-refractivity contribution is 0.185. The number of benzene rings is 1. The maximum absolute atomic E-state index is 13.0. The number of urea groups is 1. The fourth-order valence-electron chi connectivity index (χ4n) is 3.41. The fraction of sp³-hybridized carbons (Fsp3) is 0.476. The minimum Gasteiger partial charge on any atom is -0.372 e. The molecule has 1 aliphatic heterocycles. The molecule has 0 radical (unpaired) electrons.